The first-order chi connectivity index (χ1) is 12.0. The minimum Gasteiger partial charge on any atom is -0.449 e. The monoisotopic (exact) mass is 394 g/mol. The van der Waals surface area contributed by atoms with Crippen LogP contribution in [-0.2, 0) is 9.53 Å². The third-order valence-electron chi connectivity index (χ3n) is 3.17. The SMILES string of the molecule is C[C@H](OC(=O)/C=C/c1ccc(Cl)cc1Cl)c1nnc(-c2cccs2)o1. The summed E-state index contributed by atoms with van der Waals surface area (Å²) in [6, 6.07) is 8.76. The minimum atomic E-state index is -0.668. The van der Waals surface area contributed by atoms with Crippen LogP contribution in [-0.4, -0.2) is 16.2 Å². The maximum absolute atomic E-state index is 11.9. The lowest BCUT2D eigenvalue weighted by atomic mass is 10.2. The Morgan fingerprint density at radius 3 is 2.88 bits per heavy atom. The molecule has 0 amide bonds. The van der Waals surface area contributed by atoms with Crippen molar-refractivity contribution in [2.75, 3.05) is 0 Å². The average Bonchev–Trinajstić information content (AvgIpc) is 3.25. The van der Waals surface area contributed by atoms with Gasteiger partial charge in [-0.1, -0.05) is 35.3 Å². The highest BCUT2D eigenvalue weighted by Crippen LogP contribution is 2.26. The molecule has 3 rings (SSSR count). The fraction of sp³-hybridized carbons (Fsp3) is 0.118. The van der Waals surface area contributed by atoms with Gasteiger partial charge in [-0.2, -0.15) is 0 Å². The molecular weight excluding hydrogens is 383 g/mol. The maximum atomic E-state index is 11.9. The van der Waals surface area contributed by atoms with Gasteiger partial charge >= 0.3 is 5.97 Å². The van der Waals surface area contributed by atoms with E-state index in [9.17, 15) is 4.79 Å². The van der Waals surface area contributed by atoms with E-state index in [0.29, 0.717) is 21.5 Å². The Labute approximate surface area is 157 Å². The molecule has 8 heteroatoms. The minimum absolute atomic E-state index is 0.231. The maximum Gasteiger partial charge on any atom is 0.331 e. The van der Waals surface area contributed by atoms with E-state index in [0.717, 1.165) is 4.88 Å². The normalized spacial score (nSPS) is 12.4. The highest BCUT2D eigenvalue weighted by molar-refractivity contribution is 7.13. The zero-order valence-electron chi connectivity index (χ0n) is 13.0. The molecular formula is C17H12Cl2N2O3S. The quantitative estimate of drug-likeness (QED) is 0.426. The summed E-state index contributed by atoms with van der Waals surface area (Å²) in [4.78, 5) is 12.8. The highest BCUT2D eigenvalue weighted by Gasteiger charge is 2.18. The fourth-order valence-electron chi connectivity index (χ4n) is 1.96. The van der Waals surface area contributed by atoms with E-state index in [-0.39, 0.29) is 5.89 Å². The number of carbonyl (C=O) groups excluding carboxylic acids is 1. The Balaban J connectivity index is 1.63. The molecule has 0 saturated heterocycles. The van der Waals surface area contributed by atoms with Crippen molar-refractivity contribution in [1.29, 1.82) is 0 Å². The standard InChI is InChI=1S/C17H12Cl2N2O3S/c1-10(16-20-21-17(24-16)14-3-2-8-25-14)23-15(22)7-5-11-4-6-12(18)9-13(11)19/h2-10H,1H3/b7-5+/t10-/m0/s1. The molecule has 2 aromatic heterocycles. The van der Waals surface area contributed by atoms with E-state index in [1.165, 1.54) is 17.4 Å². The summed E-state index contributed by atoms with van der Waals surface area (Å²) in [6.45, 7) is 1.66. The van der Waals surface area contributed by atoms with Crippen molar-refractivity contribution < 1.29 is 13.9 Å². The Kier molecular flexibility index (Phi) is 5.53. The number of thiophene rings is 1. The van der Waals surface area contributed by atoms with Crippen molar-refractivity contribution in [2.45, 2.75) is 13.0 Å². The van der Waals surface area contributed by atoms with E-state index in [1.807, 2.05) is 17.5 Å². The summed E-state index contributed by atoms with van der Waals surface area (Å²) < 4.78 is 10.8. The van der Waals surface area contributed by atoms with Crippen LogP contribution in [0.5, 0.6) is 0 Å². The molecule has 2 heterocycles. The molecule has 1 atom stereocenters. The second-order valence-corrected chi connectivity index (χ2v) is 6.79. The lowest BCUT2D eigenvalue weighted by Gasteiger charge is -2.06. The number of ether oxygens (including phenoxy) is 1. The van der Waals surface area contributed by atoms with Crippen molar-refractivity contribution in [3.8, 4) is 10.8 Å². The Morgan fingerprint density at radius 1 is 1.32 bits per heavy atom. The summed E-state index contributed by atoms with van der Waals surface area (Å²) in [5, 5.41) is 10.8. The smallest absolute Gasteiger partial charge is 0.331 e. The molecule has 0 fully saturated rings. The zero-order valence-corrected chi connectivity index (χ0v) is 15.3. The van der Waals surface area contributed by atoms with E-state index in [1.54, 1.807) is 31.2 Å². The number of halogens is 2. The van der Waals surface area contributed by atoms with Gasteiger partial charge in [0.15, 0.2) is 6.10 Å². The van der Waals surface area contributed by atoms with Gasteiger partial charge in [0, 0.05) is 16.1 Å². The summed E-state index contributed by atoms with van der Waals surface area (Å²) in [5.41, 5.74) is 0.661. The number of esters is 1. The molecule has 0 unspecified atom stereocenters. The summed E-state index contributed by atoms with van der Waals surface area (Å²) in [7, 11) is 0. The van der Waals surface area contributed by atoms with Crippen molar-refractivity contribution in [3.63, 3.8) is 0 Å². The third kappa shape index (κ3) is 4.48. The Hall–Kier alpha value is -2.15. The van der Waals surface area contributed by atoms with Gasteiger partial charge in [-0.3, -0.25) is 0 Å². The first-order valence-corrected chi connectivity index (χ1v) is 8.87. The number of carbonyl (C=O) groups is 1. The van der Waals surface area contributed by atoms with Gasteiger partial charge in [-0.05, 0) is 42.1 Å². The van der Waals surface area contributed by atoms with E-state index < -0.39 is 12.1 Å². The number of rotatable bonds is 5. The number of hydrogen-bond donors (Lipinski definition) is 0. The first kappa shape index (κ1) is 17.7. The van der Waals surface area contributed by atoms with E-state index in [4.69, 9.17) is 32.4 Å². The van der Waals surface area contributed by atoms with Crippen molar-refractivity contribution in [2.24, 2.45) is 0 Å². The van der Waals surface area contributed by atoms with Gasteiger partial charge in [0.25, 0.3) is 11.8 Å². The second kappa shape index (κ2) is 7.82. The van der Waals surface area contributed by atoms with E-state index in [2.05, 4.69) is 10.2 Å². The molecule has 25 heavy (non-hydrogen) atoms. The lowest BCUT2D eigenvalue weighted by molar-refractivity contribution is -0.143. The lowest BCUT2D eigenvalue weighted by Crippen LogP contribution is -2.06. The van der Waals surface area contributed by atoms with Crippen LogP contribution in [0.1, 0.15) is 24.5 Å². The highest BCUT2D eigenvalue weighted by atomic mass is 35.5. The fourth-order valence-corrected chi connectivity index (χ4v) is 3.07. The molecule has 5 nitrogen and oxygen atoms in total. The van der Waals surface area contributed by atoms with Gasteiger partial charge in [0.2, 0.25) is 0 Å². The molecule has 1 aromatic carbocycles. The third-order valence-corrected chi connectivity index (χ3v) is 4.60. The predicted molar refractivity (Wildman–Crippen MR) is 97.6 cm³/mol. The molecule has 0 bridgehead atoms. The molecule has 0 spiro atoms. The van der Waals surface area contributed by atoms with Gasteiger partial charge < -0.3 is 9.15 Å². The second-order valence-electron chi connectivity index (χ2n) is 5.00. The summed E-state index contributed by atoms with van der Waals surface area (Å²) >= 11 is 13.4. The first-order valence-electron chi connectivity index (χ1n) is 7.24. The van der Waals surface area contributed by atoms with Gasteiger partial charge in [0.1, 0.15) is 0 Å². The largest absolute Gasteiger partial charge is 0.449 e. The van der Waals surface area contributed by atoms with Crippen LogP contribution in [0, 0.1) is 0 Å². The predicted octanol–water partition coefficient (Wildman–Crippen LogP) is 5.42. The number of aromatic nitrogens is 2. The van der Waals surface area contributed by atoms with Crippen LogP contribution >= 0.6 is 34.5 Å². The number of benzene rings is 1. The molecule has 0 radical (unpaired) electrons. The molecule has 128 valence electrons. The van der Waals surface area contributed by atoms with Crippen molar-refractivity contribution in [1.82, 2.24) is 10.2 Å². The van der Waals surface area contributed by atoms with Crippen LogP contribution in [0.25, 0.3) is 16.8 Å². The van der Waals surface area contributed by atoms with Gasteiger partial charge in [-0.25, -0.2) is 4.79 Å². The van der Waals surface area contributed by atoms with Crippen LogP contribution in [0.4, 0.5) is 0 Å². The van der Waals surface area contributed by atoms with Gasteiger partial charge in [0.05, 0.1) is 4.88 Å². The van der Waals surface area contributed by atoms with Crippen LogP contribution in [0.15, 0.2) is 46.2 Å². The summed E-state index contributed by atoms with van der Waals surface area (Å²) in [5.74, 6) is 0.0838. The van der Waals surface area contributed by atoms with Crippen LogP contribution < -0.4 is 0 Å². The summed E-state index contributed by atoms with van der Waals surface area (Å²) in [6.07, 6.45) is 2.17. The molecule has 0 N–H and O–H groups in total. The average molecular weight is 395 g/mol. The molecule has 0 aliphatic carbocycles. The molecule has 0 aliphatic heterocycles. The molecule has 3 aromatic rings. The van der Waals surface area contributed by atoms with Crippen LogP contribution in [0.2, 0.25) is 10.0 Å². The van der Waals surface area contributed by atoms with Crippen molar-refractivity contribution in [3.05, 3.63) is 63.3 Å². The van der Waals surface area contributed by atoms with Gasteiger partial charge in [-0.15, -0.1) is 21.5 Å². The van der Waals surface area contributed by atoms with Crippen LogP contribution in [0.3, 0.4) is 0 Å². The Morgan fingerprint density at radius 2 is 2.16 bits per heavy atom. The van der Waals surface area contributed by atoms with E-state index >= 15 is 0 Å². The number of hydrogen-bond acceptors (Lipinski definition) is 6. The number of nitrogens with zero attached hydrogens (tertiary/aromatic N) is 2. The van der Waals surface area contributed by atoms with Crippen molar-refractivity contribution >= 4 is 46.6 Å². The topological polar surface area (TPSA) is 65.2 Å². The zero-order chi connectivity index (χ0) is 17.8. The Bertz CT molecular complexity index is 907. The molecule has 0 saturated carbocycles. The molecule has 0 aliphatic rings.